The van der Waals surface area contributed by atoms with Crippen LogP contribution in [0.2, 0.25) is 0 Å². The van der Waals surface area contributed by atoms with E-state index in [4.69, 9.17) is 5.73 Å². The summed E-state index contributed by atoms with van der Waals surface area (Å²) in [6.07, 6.45) is 4.96. The number of nitrogens with one attached hydrogen (secondary N) is 2. The number of carbonyl (C=O) groups excluding carboxylic acids is 1. The van der Waals surface area contributed by atoms with Gasteiger partial charge in [0.25, 0.3) is 0 Å². The first kappa shape index (κ1) is 18.5. The number of halogens is 1. The van der Waals surface area contributed by atoms with Gasteiger partial charge in [-0.25, -0.2) is 0 Å². The minimum Gasteiger partial charge on any atom is -0.369 e. The highest BCUT2D eigenvalue weighted by atomic mass is 127. The zero-order chi connectivity index (χ0) is 13.6. The topological polar surface area (TPSA) is 79.5 Å². The Morgan fingerprint density at radius 3 is 2.42 bits per heavy atom. The van der Waals surface area contributed by atoms with Gasteiger partial charge in [-0.1, -0.05) is 12.8 Å². The van der Waals surface area contributed by atoms with Crippen LogP contribution in [0.3, 0.4) is 0 Å². The molecule has 0 bridgehead atoms. The van der Waals surface area contributed by atoms with Crippen LogP contribution in [0.15, 0.2) is 4.99 Å². The van der Waals surface area contributed by atoms with Crippen LogP contribution in [0.5, 0.6) is 0 Å². The van der Waals surface area contributed by atoms with Crippen LogP contribution >= 0.6 is 24.0 Å². The molecule has 1 fully saturated rings. The number of amides is 1. The Morgan fingerprint density at radius 1 is 1.37 bits per heavy atom. The molecule has 1 aliphatic rings. The van der Waals surface area contributed by atoms with E-state index in [-0.39, 0.29) is 29.9 Å². The Balaban J connectivity index is 0.00000324. The highest BCUT2D eigenvalue weighted by Gasteiger charge is 2.25. The molecule has 0 spiro atoms. The van der Waals surface area contributed by atoms with Crippen molar-refractivity contribution in [3.8, 4) is 0 Å². The molecule has 0 aromatic rings. The van der Waals surface area contributed by atoms with Gasteiger partial charge in [-0.15, -0.1) is 24.0 Å². The average Bonchev–Trinajstić information content (AvgIpc) is 2.79. The van der Waals surface area contributed by atoms with Gasteiger partial charge >= 0.3 is 0 Å². The SMILES string of the molecule is CCNC(=NCC(C)(C)C(N)=O)NC1CCCC1.I. The predicted octanol–water partition coefficient (Wildman–Crippen LogP) is 1.61. The first-order valence-electron chi connectivity index (χ1n) is 6.80. The van der Waals surface area contributed by atoms with Crippen molar-refractivity contribution in [3.63, 3.8) is 0 Å². The molecule has 1 amide bonds. The van der Waals surface area contributed by atoms with Gasteiger partial charge in [0, 0.05) is 12.6 Å². The fourth-order valence-electron chi connectivity index (χ4n) is 1.94. The van der Waals surface area contributed by atoms with E-state index in [1.54, 1.807) is 0 Å². The van der Waals surface area contributed by atoms with Crippen LogP contribution < -0.4 is 16.4 Å². The first-order valence-corrected chi connectivity index (χ1v) is 6.80. The third kappa shape index (κ3) is 6.44. The second-order valence-electron chi connectivity index (χ2n) is 5.57. The van der Waals surface area contributed by atoms with Crippen molar-refractivity contribution >= 4 is 35.8 Å². The summed E-state index contributed by atoms with van der Waals surface area (Å²) in [7, 11) is 0. The molecule has 0 aromatic carbocycles. The lowest BCUT2D eigenvalue weighted by Crippen LogP contribution is -2.43. The molecule has 1 rings (SSSR count). The van der Waals surface area contributed by atoms with Crippen LogP contribution in [-0.4, -0.2) is 31.0 Å². The molecule has 0 radical (unpaired) electrons. The lowest BCUT2D eigenvalue weighted by atomic mass is 9.93. The number of primary amides is 1. The van der Waals surface area contributed by atoms with Crippen molar-refractivity contribution in [2.75, 3.05) is 13.1 Å². The van der Waals surface area contributed by atoms with E-state index in [1.807, 2.05) is 20.8 Å². The summed E-state index contributed by atoms with van der Waals surface area (Å²) >= 11 is 0. The number of nitrogens with two attached hydrogens (primary N) is 1. The lowest BCUT2D eigenvalue weighted by Gasteiger charge is -2.20. The summed E-state index contributed by atoms with van der Waals surface area (Å²) in [5.41, 5.74) is 4.75. The molecule has 1 aliphatic carbocycles. The van der Waals surface area contributed by atoms with E-state index in [1.165, 1.54) is 25.7 Å². The van der Waals surface area contributed by atoms with Crippen molar-refractivity contribution in [1.29, 1.82) is 0 Å². The van der Waals surface area contributed by atoms with Crippen LogP contribution in [0.25, 0.3) is 0 Å². The fraction of sp³-hybridized carbons (Fsp3) is 0.846. The summed E-state index contributed by atoms with van der Waals surface area (Å²) in [5.74, 6) is 0.474. The van der Waals surface area contributed by atoms with Crippen LogP contribution in [0.4, 0.5) is 0 Å². The molecular weight excluding hydrogens is 355 g/mol. The van der Waals surface area contributed by atoms with Crippen molar-refractivity contribution in [3.05, 3.63) is 0 Å². The van der Waals surface area contributed by atoms with E-state index in [2.05, 4.69) is 15.6 Å². The van der Waals surface area contributed by atoms with Gasteiger partial charge in [-0.05, 0) is 33.6 Å². The van der Waals surface area contributed by atoms with E-state index in [9.17, 15) is 4.79 Å². The van der Waals surface area contributed by atoms with Gasteiger partial charge < -0.3 is 16.4 Å². The molecule has 0 saturated heterocycles. The number of aliphatic imine (C=N–C) groups is 1. The van der Waals surface area contributed by atoms with E-state index in [0.29, 0.717) is 12.6 Å². The zero-order valence-electron chi connectivity index (χ0n) is 12.2. The first-order chi connectivity index (χ1) is 8.45. The molecular formula is C13H27IN4O. The lowest BCUT2D eigenvalue weighted by molar-refractivity contribution is -0.125. The minimum absolute atomic E-state index is 0. The Bertz CT molecular complexity index is 312. The maximum atomic E-state index is 11.2. The Kier molecular flexibility index (Phi) is 8.36. The molecule has 5 nitrogen and oxygen atoms in total. The number of hydrogen-bond acceptors (Lipinski definition) is 2. The quantitative estimate of drug-likeness (QED) is 0.384. The summed E-state index contributed by atoms with van der Waals surface area (Å²) in [5, 5.41) is 6.62. The van der Waals surface area contributed by atoms with E-state index < -0.39 is 5.41 Å². The van der Waals surface area contributed by atoms with Gasteiger partial charge in [-0.3, -0.25) is 9.79 Å². The molecule has 1 saturated carbocycles. The third-order valence-corrected chi connectivity index (χ3v) is 3.34. The molecule has 6 heteroatoms. The molecule has 112 valence electrons. The van der Waals surface area contributed by atoms with Gasteiger partial charge in [-0.2, -0.15) is 0 Å². The minimum atomic E-state index is -0.599. The number of rotatable bonds is 5. The maximum Gasteiger partial charge on any atom is 0.224 e. The van der Waals surface area contributed by atoms with Gasteiger partial charge in [0.2, 0.25) is 5.91 Å². The zero-order valence-corrected chi connectivity index (χ0v) is 14.5. The van der Waals surface area contributed by atoms with Crippen LogP contribution in [0.1, 0.15) is 46.5 Å². The summed E-state index contributed by atoms with van der Waals surface area (Å²) in [4.78, 5) is 15.7. The largest absolute Gasteiger partial charge is 0.369 e. The van der Waals surface area contributed by atoms with Gasteiger partial charge in [0.15, 0.2) is 5.96 Å². The highest BCUT2D eigenvalue weighted by molar-refractivity contribution is 14.0. The highest BCUT2D eigenvalue weighted by Crippen LogP contribution is 2.18. The summed E-state index contributed by atoms with van der Waals surface area (Å²) in [6.45, 7) is 6.89. The normalized spacial score (nSPS) is 16.9. The van der Waals surface area contributed by atoms with Crippen LogP contribution in [-0.2, 0) is 4.79 Å². The second kappa shape index (κ2) is 8.60. The standard InChI is InChI=1S/C13H26N4O.HI/c1-4-15-12(17-10-7-5-6-8-10)16-9-13(2,3)11(14)18;/h10H,4-9H2,1-3H3,(H2,14,18)(H2,15,16,17);1H. The van der Waals surface area contributed by atoms with Gasteiger partial charge in [0.05, 0.1) is 12.0 Å². The molecule has 19 heavy (non-hydrogen) atoms. The maximum absolute atomic E-state index is 11.2. The molecule has 0 aliphatic heterocycles. The molecule has 4 N–H and O–H groups in total. The summed E-state index contributed by atoms with van der Waals surface area (Å²) < 4.78 is 0. The van der Waals surface area contributed by atoms with Crippen molar-refractivity contribution in [2.24, 2.45) is 16.1 Å². The number of carbonyl (C=O) groups is 1. The average molecular weight is 382 g/mol. The number of nitrogens with zero attached hydrogens (tertiary/aromatic N) is 1. The molecule has 0 heterocycles. The van der Waals surface area contributed by atoms with Crippen LogP contribution in [0, 0.1) is 5.41 Å². The Hall–Kier alpha value is -0.530. The molecule has 0 aromatic heterocycles. The van der Waals surface area contributed by atoms with Crippen molar-refractivity contribution < 1.29 is 4.79 Å². The van der Waals surface area contributed by atoms with Crippen molar-refractivity contribution in [2.45, 2.75) is 52.5 Å². The predicted molar refractivity (Wildman–Crippen MR) is 89.8 cm³/mol. The monoisotopic (exact) mass is 382 g/mol. The van der Waals surface area contributed by atoms with Gasteiger partial charge in [0.1, 0.15) is 0 Å². The smallest absolute Gasteiger partial charge is 0.224 e. The van der Waals surface area contributed by atoms with E-state index in [0.717, 1.165) is 12.5 Å². The number of hydrogen-bond donors (Lipinski definition) is 3. The number of guanidine groups is 1. The van der Waals surface area contributed by atoms with Crippen molar-refractivity contribution in [1.82, 2.24) is 10.6 Å². The summed E-state index contributed by atoms with van der Waals surface area (Å²) in [6, 6.07) is 0.513. The Labute approximate surface area is 133 Å². The third-order valence-electron chi connectivity index (χ3n) is 3.34. The Morgan fingerprint density at radius 2 is 1.95 bits per heavy atom. The molecule has 0 unspecified atom stereocenters. The fourth-order valence-corrected chi connectivity index (χ4v) is 1.94. The molecule has 0 atom stereocenters. The van der Waals surface area contributed by atoms with E-state index >= 15 is 0 Å². The second-order valence-corrected chi connectivity index (χ2v) is 5.57.